The Hall–Kier alpha value is -1.71. The molecule has 0 bridgehead atoms. The summed E-state index contributed by atoms with van der Waals surface area (Å²) in [5.74, 6) is -0.257. The zero-order valence-corrected chi connectivity index (χ0v) is 12.4. The molecule has 3 nitrogen and oxygen atoms in total. The first-order valence-electron chi connectivity index (χ1n) is 6.08. The molecular weight excluding hydrogens is 295 g/mol. The highest BCUT2D eigenvalue weighted by atomic mass is 35.5. The van der Waals surface area contributed by atoms with E-state index in [1.165, 1.54) is 0 Å². The van der Waals surface area contributed by atoms with Gasteiger partial charge in [-0.05, 0) is 42.8 Å². The molecule has 0 spiro atoms. The van der Waals surface area contributed by atoms with E-state index in [2.05, 4.69) is 5.32 Å². The van der Waals surface area contributed by atoms with Crippen LogP contribution in [0.3, 0.4) is 0 Å². The molecule has 0 saturated heterocycles. The molecule has 0 heterocycles. The molecule has 0 saturated carbocycles. The van der Waals surface area contributed by atoms with Crippen molar-refractivity contribution >= 4 is 34.8 Å². The van der Waals surface area contributed by atoms with Crippen LogP contribution in [0, 0.1) is 0 Å². The number of carbonyl (C=O) groups is 1. The van der Waals surface area contributed by atoms with Crippen molar-refractivity contribution in [2.75, 3.05) is 5.73 Å². The third-order valence-corrected chi connectivity index (χ3v) is 3.46. The Bertz CT molecular complexity index is 626. The van der Waals surface area contributed by atoms with E-state index in [4.69, 9.17) is 28.9 Å². The molecule has 0 aromatic heterocycles. The fourth-order valence-electron chi connectivity index (χ4n) is 1.83. The predicted molar refractivity (Wildman–Crippen MR) is 83.2 cm³/mol. The van der Waals surface area contributed by atoms with Gasteiger partial charge in [0.2, 0.25) is 0 Å². The van der Waals surface area contributed by atoms with Gasteiger partial charge < -0.3 is 11.1 Å². The van der Waals surface area contributed by atoms with Gasteiger partial charge in [0.15, 0.2) is 0 Å². The van der Waals surface area contributed by atoms with Gasteiger partial charge in [-0.3, -0.25) is 4.79 Å². The summed E-state index contributed by atoms with van der Waals surface area (Å²) in [6.07, 6.45) is 0. The van der Waals surface area contributed by atoms with Gasteiger partial charge in [-0.15, -0.1) is 0 Å². The molecule has 0 aliphatic carbocycles. The fraction of sp³-hybridized carbons (Fsp3) is 0.133. The SMILES string of the molecule is CC(NC(=O)c1cc(Cl)ccc1N)c1ccc(Cl)cc1. The third-order valence-electron chi connectivity index (χ3n) is 2.98. The number of nitrogens with one attached hydrogen (secondary N) is 1. The molecule has 0 aliphatic heterocycles. The minimum atomic E-state index is -0.257. The smallest absolute Gasteiger partial charge is 0.253 e. The average Bonchev–Trinajstić information content (AvgIpc) is 2.42. The van der Waals surface area contributed by atoms with Crippen LogP contribution in [0.5, 0.6) is 0 Å². The molecule has 1 unspecified atom stereocenters. The standard InChI is InChI=1S/C15H14Cl2N2O/c1-9(10-2-4-11(16)5-3-10)19-15(20)13-8-12(17)6-7-14(13)18/h2-9H,18H2,1H3,(H,19,20). The number of amides is 1. The van der Waals surface area contributed by atoms with E-state index in [1.807, 2.05) is 19.1 Å². The van der Waals surface area contributed by atoms with E-state index >= 15 is 0 Å². The molecule has 5 heteroatoms. The first-order valence-corrected chi connectivity index (χ1v) is 6.84. The van der Waals surface area contributed by atoms with Crippen LogP contribution in [0.2, 0.25) is 10.0 Å². The maximum atomic E-state index is 12.2. The fourth-order valence-corrected chi connectivity index (χ4v) is 2.13. The second-order valence-corrected chi connectivity index (χ2v) is 5.35. The number of hydrogen-bond donors (Lipinski definition) is 2. The molecule has 104 valence electrons. The summed E-state index contributed by atoms with van der Waals surface area (Å²) in [4.78, 5) is 12.2. The van der Waals surface area contributed by atoms with Crippen molar-refractivity contribution in [3.05, 3.63) is 63.6 Å². The Morgan fingerprint density at radius 3 is 2.35 bits per heavy atom. The van der Waals surface area contributed by atoms with Crippen LogP contribution in [0.1, 0.15) is 28.9 Å². The maximum Gasteiger partial charge on any atom is 0.253 e. The second kappa shape index (κ2) is 6.16. The molecule has 1 atom stereocenters. The molecule has 0 radical (unpaired) electrons. The molecule has 2 rings (SSSR count). The van der Waals surface area contributed by atoms with Crippen molar-refractivity contribution in [3.63, 3.8) is 0 Å². The minimum absolute atomic E-state index is 0.154. The summed E-state index contributed by atoms with van der Waals surface area (Å²) in [6.45, 7) is 1.89. The van der Waals surface area contributed by atoms with Crippen LogP contribution in [0.25, 0.3) is 0 Å². The van der Waals surface area contributed by atoms with Gasteiger partial charge >= 0.3 is 0 Å². The van der Waals surface area contributed by atoms with Gasteiger partial charge in [-0.25, -0.2) is 0 Å². The molecule has 1 amide bonds. The Labute approximate surface area is 127 Å². The minimum Gasteiger partial charge on any atom is -0.398 e. The lowest BCUT2D eigenvalue weighted by atomic mass is 10.1. The monoisotopic (exact) mass is 308 g/mol. The molecular formula is C15H14Cl2N2O. The van der Waals surface area contributed by atoms with Crippen LogP contribution in [0.15, 0.2) is 42.5 Å². The molecule has 3 N–H and O–H groups in total. The van der Waals surface area contributed by atoms with Crippen molar-refractivity contribution in [1.82, 2.24) is 5.32 Å². The predicted octanol–water partition coefficient (Wildman–Crippen LogP) is 4.07. The summed E-state index contributed by atoms with van der Waals surface area (Å²) in [7, 11) is 0. The van der Waals surface area contributed by atoms with E-state index in [-0.39, 0.29) is 11.9 Å². The highest BCUT2D eigenvalue weighted by Gasteiger charge is 2.14. The third kappa shape index (κ3) is 3.44. The van der Waals surface area contributed by atoms with E-state index in [9.17, 15) is 4.79 Å². The summed E-state index contributed by atoms with van der Waals surface area (Å²) in [5, 5.41) is 4.01. The summed E-state index contributed by atoms with van der Waals surface area (Å²) >= 11 is 11.7. The van der Waals surface area contributed by atoms with Gasteiger partial charge in [0.1, 0.15) is 0 Å². The van der Waals surface area contributed by atoms with E-state index in [1.54, 1.807) is 30.3 Å². The van der Waals surface area contributed by atoms with Crippen molar-refractivity contribution in [2.24, 2.45) is 0 Å². The van der Waals surface area contributed by atoms with Gasteiger partial charge in [0.05, 0.1) is 11.6 Å². The van der Waals surface area contributed by atoms with Crippen molar-refractivity contribution in [1.29, 1.82) is 0 Å². The molecule has 0 aliphatic rings. The summed E-state index contributed by atoms with van der Waals surface area (Å²) < 4.78 is 0. The average molecular weight is 309 g/mol. The Morgan fingerprint density at radius 2 is 1.70 bits per heavy atom. The van der Waals surface area contributed by atoms with Crippen LogP contribution in [0.4, 0.5) is 5.69 Å². The topological polar surface area (TPSA) is 55.1 Å². The first kappa shape index (κ1) is 14.7. The molecule has 2 aromatic rings. The number of halogens is 2. The van der Waals surface area contributed by atoms with E-state index in [0.29, 0.717) is 21.3 Å². The van der Waals surface area contributed by atoms with Crippen molar-refractivity contribution < 1.29 is 4.79 Å². The first-order chi connectivity index (χ1) is 9.47. The molecule has 2 aromatic carbocycles. The quantitative estimate of drug-likeness (QED) is 0.840. The van der Waals surface area contributed by atoms with Gasteiger partial charge in [-0.1, -0.05) is 35.3 Å². The highest BCUT2D eigenvalue weighted by molar-refractivity contribution is 6.31. The van der Waals surface area contributed by atoms with Gasteiger partial charge in [0.25, 0.3) is 5.91 Å². The van der Waals surface area contributed by atoms with Crippen LogP contribution in [-0.2, 0) is 0 Å². The largest absolute Gasteiger partial charge is 0.398 e. The number of nitrogen functional groups attached to an aromatic ring is 1. The lowest BCUT2D eigenvalue weighted by Gasteiger charge is -2.15. The lowest BCUT2D eigenvalue weighted by molar-refractivity contribution is 0.0941. The van der Waals surface area contributed by atoms with Gasteiger partial charge in [-0.2, -0.15) is 0 Å². The van der Waals surface area contributed by atoms with Crippen molar-refractivity contribution in [2.45, 2.75) is 13.0 Å². The Kier molecular flexibility index (Phi) is 4.53. The van der Waals surface area contributed by atoms with E-state index in [0.717, 1.165) is 5.56 Å². The summed E-state index contributed by atoms with van der Waals surface area (Å²) in [5.41, 5.74) is 7.52. The number of rotatable bonds is 3. The number of nitrogens with two attached hydrogens (primary N) is 1. The zero-order valence-electron chi connectivity index (χ0n) is 10.9. The van der Waals surface area contributed by atoms with Crippen molar-refractivity contribution in [3.8, 4) is 0 Å². The van der Waals surface area contributed by atoms with E-state index < -0.39 is 0 Å². The normalized spacial score (nSPS) is 11.9. The van der Waals surface area contributed by atoms with Crippen LogP contribution < -0.4 is 11.1 Å². The maximum absolute atomic E-state index is 12.2. The van der Waals surface area contributed by atoms with Gasteiger partial charge in [0, 0.05) is 15.7 Å². The molecule has 0 fully saturated rings. The number of anilines is 1. The zero-order chi connectivity index (χ0) is 14.7. The Balaban J connectivity index is 2.15. The second-order valence-electron chi connectivity index (χ2n) is 4.48. The highest BCUT2D eigenvalue weighted by Crippen LogP contribution is 2.20. The molecule has 20 heavy (non-hydrogen) atoms. The summed E-state index contributed by atoms with van der Waals surface area (Å²) in [6, 6.07) is 12.0. The van der Waals surface area contributed by atoms with Crippen LogP contribution in [-0.4, -0.2) is 5.91 Å². The Morgan fingerprint density at radius 1 is 1.10 bits per heavy atom. The van der Waals surface area contributed by atoms with Crippen LogP contribution >= 0.6 is 23.2 Å². The lowest BCUT2D eigenvalue weighted by Crippen LogP contribution is -2.27. The number of hydrogen-bond acceptors (Lipinski definition) is 2. The number of carbonyl (C=O) groups excluding carboxylic acids is 1. The number of benzene rings is 2.